The number of rotatable bonds is 5. The summed E-state index contributed by atoms with van der Waals surface area (Å²) >= 11 is 0. The van der Waals surface area contributed by atoms with E-state index in [0.717, 1.165) is 0 Å². The van der Waals surface area contributed by atoms with Crippen LogP contribution in [0.25, 0.3) is 10.9 Å². The van der Waals surface area contributed by atoms with E-state index < -0.39 is 12.1 Å². The average molecular weight is 328 g/mol. The Morgan fingerprint density at radius 2 is 1.92 bits per heavy atom. The van der Waals surface area contributed by atoms with Gasteiger partial charge in [-0.05, 0) is 24.5 Å². The van der Waals surface area contributed by atoms with E-state index in [4.69, 9.17) is 0 Å². The second-order valence-corrected chi connectivity index (χ2v) is 6.38. The van der Waals surface area contributed by atoms with E-state index in [9.17, 15) is 14.4 Å². The van der Waals surface area contributed by atoms with Crippen molar-refractivity contribution >= 4 is 22.8 Å². The Morgan fingerprint density at radius 1 is 1.17 bits per heavy atom. The van der Waals surface area contributed by atoms with E-state index in [1.807, 2.05) is 19.9 Å². The molecule has 126 valence electrons. The van der Waals surface area contributed by atoms with Crippen molar-refractivity contribution in [2.75, 3.05) is 6.54 Å². The lowest BCUT2D eigenvalue weighted by atomic mass is 10.0. The number of carbonyl (C=O) groups excluding carboxylic acids is 2. The molecule has 1 fully saturated rings. The molecular weight excluding hydrogens is 308 g/mol. The number of benzene rings is 1. The van der Waals surface area contributed by atoms with Crippen molar-refractivity contribution in [1.82, 2.24) is 19.8 Å². The van der Waals surface area contributed by atoms with Crippen LogP contribution in [0.1, 0.15) is 20.3 Å². The standard InChI is InChI=1S/C17H20N4O3/c1-11(2)9-14-16(23)21(17(24)19-14)8-7-20-10-18-13-6-4-3-5-12(13)15(20)22/h3-6,10-11,14H,7-9H2,1-2H3,(H,19,24). The molecule has 0 spiro atoms. The van der Waals surface area contributed by atoms with E-state index in [0.29, 0.717) is 23.2 Å². The van der Waals surface area contributed by atoms with Gasteiger partial charge in [0.1, 0.15) is 6.04 Å². The molecule has 24 heavy (non-hydrogen) atoms. The zero-order valence-corrected chi connectivity index (χ0v) is 13.7. The van der Waals surface area contributed by atoms with Crippen LogP contribution in [0.3, 0.4) is 0 Å². The molecule has 1 aliphatic rings. The predicted molar refractivity (Wildman–Crippen MR) is 89.5 cm³/mol. The Morgan fingerprint density at radius 3 is 2.67 bits per heavy atom. The number of imide groups is 1. The summed E-state index contributed by atoms with van der Waals surface area (Å²) in [6, 6.07) is 6.23. The van der Waals surface area contributed by atoms with Gasteiger partial charge in [-0.15, -0.1) is 0 Å². The number of amides is 3. The minimum absolute atomic E-state index is 0.152. The number of fused-ring (bicyclic) bond motifs is 1. The number of hydrogen-bond acceptors (Lipinski definition) is 4. The highest BCUT2D eigenvalue weighted by Crippen LogP contribution is 2.14. The maximum atomic E-state index is 12.4. The van der Waals surface area contributed by atoms with Crippen molar-refractivity contribution in [2.24, 2.45) is 5.92 Å². The van der Waals surface area contributed by atoms with E-state index >= 15 is 0 Å². The lowest BCUT2D eigenvalue weighted by molar-refractivity contribution is -0.127. The Labute approximate surface area is 139 Å². The SMILES string of the molecule is CC(C)CC1NC(=O)N(CCn2cnc3ccccc3c2=O)C1=O. The van der Waals surface area contributed by atoms with Gasteiger partial charge in [-0.25, -0.2) is 9.78 Å². The number of hydrogen-bond donors (Lipinski definition) is 1. The summed E-state index contributed by atoms with van der Waals surface area (Å²) in [5.74, 6) is 0.0852. The zero-order valence-electron chi connectivity index (χ0n) is 13.7. The van der Waals surface area contributed by atoms with Crippen LogP contribution in [0, 0.1) is 5.92 Å². The van der Waals surface area contributed by atoms with Gasteiger partial charge in [0.15, 0.2) is 0 Å². The van der Waals surface area contributed by atoms with Crippen molar-refractivity contribution in [3.8, 4) is 0 Å². The van der Waals surface area contributed by atoms with Crippen molar-refractivity contribution in [2.45, 2.75) is 32.9 Å². The molecule has 1 unspecified atom stereocenters. The first-order valence-corrected chi connectivity index (χ1v) is 8.03. The van der Waals surface area contributed by atoms with Crippen LogP contribution in [-0.4, -0.2) is 39.0 Å². The third kappa shape index (κ3) is 3.02. The highest BCUT2D eigenvalue weighted by atomic mass is 16.2. The Bertz CT molecular complexity index is 843. The normalized spacial score (nSPS) is 17.8. The van der Waals surface area contributed by atoms with Crippen molar-refractivity contribution in [3.63, 3.8) is 0 Å². The summed E-state index contributed by atoms with van der Waals surface area (Å²) in [5, 5.41) is 3.22. The van der Waals surface area contributed by atoms with Crippen LogP contribution in [0.2, 0.25) is 0 Å². The third-order valence-electron chi connectivity index (χ3n) is 4.11. The van der Waals surface area contributed by atoms with Crippen molar-refractivity contribution in [3.05, 3.63) is 40.9 Å². The molecule has 1 atom stereocenters. The quantitative estimate of drug-likeness (QED) is 0.840. The zero-order chi connectivity index (χ0) is 17.3. The minimum atomic E-state index is -0.469. The molecular formula is C17H20N4O3. The van der Waals surface area contributed by atoms with Gasteiger partial charge in [-0.1, -0.05) is 26.0 Å². The maximum absolute atomic E-state index is 12.4. The summed E-state index contributed by atoms with van der Waals surface area (Å²) in [7, 11) is 0. The molecule has 1 aromatic heterocycles. The van der Waals surface area contributed by atoms with Crippen LogP contribution >= 0.6 is 0 Å². The summed E-state index contributed by atoms with van der Waals surface area (Å²) in [5.41, 5.74) is 0.456. The molecule has 7 heteroatoms. The molecule has 0 aliphatic carbocycles. The largest absolute Gasteiger partial charge is 0.326 e. The highest BCUT2D eigenvalue weighted by Gasteiger charge is 2.37. The summed E-state index contributed by atoms with van der Waals surface area (Å²) in [6.07, 6.45) is 2.06. The maximum Gasteiger partial charge on any atom is 0.324 e. The molecule has 3 rings (SSSR count). The lowest BCUT2D eigenvalue weighted by Gasteiger charge is -2.14. The molecule has 2 aromatic rings. The smallest absolute Gasteiger partial charge is 0.324 e. The monoisotopic (exact) mass is 328 g/mol. The minimum Gasteiger partial charge on any atom is -0.326 e. The predicted octanol–water partition coefficient (Wildman–Crippen LogP) is 1.36. The van der Waals surface area contributed by atoms with Gasteiger partial charge in [0.2, 0.25) is 0 Å². The molecule has 1 N–H and O–H groups in total. The summed E-state index contributed by atoms with van der Waals surface area (Å²) in [6.45, 7) is 4.38. The number of nitrogens with one attached hydrogen (secondary N) is 1. The summed E-state index contributed by atoms with van der Waals surface area (Å²) in [4.78, 5) is 42.1. The van der Waals surface area contributed by atoms with Gasteiger partial charge < -0.3 is 5.32 Å². The molecule has 0 saturated carbocycles. The van der Waals surface area contributed by atoms with E-state index in [2.05, 4.69) is 10.3 Å². The Kier molecular flexibility index (Phi) is 4.33. The van der Waals surface area contributed by atoms with Gasteiger partial charge in [-0.3, -0.25) is 19.1 Å². The topological polar surface area (TPSA) is 84.3 Å². The van der Waals surface area contributed by atoms with Crippen LogP contribution < -0.4 is 10.9 Å². The second-order valence-electron chi connectivity index (χ2n) is 6.38. The third-order valence-corrected chi connectivity index (χ3v) is 4.11. The fourth-order valence-corrected chi connectivity index (χ4v) is 2.89. The first-order chi connectivity index (χ1) is 11.5. The van der Waals surface area contributed by atoms with Crippen LogP contribution in [0.4, 0.5) is 4.79 Å². The molecule has 0 bridgehead atoms. The number of carbonyl (C=O) groups is 2. The molecule has 0 radical (unpaired) electrons. The van der Waals surface area contributed by atoms with Crippen molar-refractivity contribution < 1.29 is 9.59 Å². The van der Waals surface area contributed by atoms with E-state index in [1.54, 1.807) is 18.2 Å². The number of aromatic nitrogens is 2. The second kappa shape index (κ2) is 6.43. The Balaban J connectivity index is 1.74. The van der Waals surface area contributed by atoms with Crippen LogP contribution in [0.15, 0.2) is 35.4 Å². The van der Waals surface area contributed by atoms with E-state index in [-0.39, 0.29) is 24.6 Å². The van der Waals surface area contributed by atoms with Crippen LogP contribution in [-0.2, 0) is 11.3 Å². The van der Waals surface area contributed by atoms with Gasteiger partial charge in [0, 0.05) is 13.1 Å². The molecule has 1 saturated heterocycles. The fraction of sp³-hybridized carbons (Fsp3) is 0.412. The molecule has 1 aliphatic heterocycles. The number of para-hydroxylation sites is 1. The number of urea groups is 1. The highest BCUT2D eigenvalue weighted by molar-refractivity contribution is 6.04. The van der Waals surface area contributed by atoms with Crippen molar-refractivity contribution in [1.29, 1.82) is 0 Å². The lowest BCUT2D eigenvalue weighted by Crippen LogP contribution is -2.36. The van der Waals surface area contributed by atoms with Gasteiger partial charge in [-0.2, -0.15) is 0 Å². The first-order valence-electron chi connectivity index (χ1n) is 8.03. The number of nitrogens with zero attached hydrogens (tertiary/aromatic N) is 3. The van der Waals surface area contributed by atoms with E-state index in [1.165, 1.54) is 15.8 Å². The van der Waals surface area contributed by atoms with Gasteiger partial charge in [0.05, 0.1) is 17.2 Å². The summed E-state index contributed by atoms with van der Waals surface area (Å²) < 4.78 is 1.43. The van der Waals surface area contributed by atoms with Gasteiger partial charge in [0.25, 0.3) is 11.5 Å². The van der Waals surface area contributed by atoms with Crippen LogP contribution in [0.5, 0.6) is 0 Å². The molecule has 1 aromatic carbocycles. The Hall–Kier alpha value is -2.70. The van der Waals surface area contributed by atoms with Gasteiger partial charge >= 0.3 is 6.03 Å². The molecule has 7 nitrogen and oxygen atoms in total. The average Bonchev–Trinajstić information content (AvgIpc) is 2.80. The fourth-order valence-electron chi connectivity index (χ4n) is 2.89. The molecule has 2 heterocycles. The first kappa shape index (κ1) is 16.2. The molecule has 3 amide bonds.